The maximum Gasteiger partial charge on any atom is 0.0507 e. The molecule has 0 spiro atoms. The summed E-state index contributed by atoms with van der Waals surface area (Å²) in [6.07, 6.45) is 2.57. The van der Waals surface area contributed by atoms with Crippen LogP contribution in [-0.4, -0.2) is 37.3 Å². The predicted molar refractivity (Wildman–Crippen MR) is 66.4 cm³/mol. The highest BCUT2D eigenvalue weighted by molar-refractivity contribution is 7.99. The lowest BCUT2D eigenvalue weighted by Gasteiger charge is -2.35. The molecule has 0 aromatic carbocycles. The van der Waals surface area contributed by atoms with Gasteiger partial charge >= 0.3 is 0 Å². The van der Waals surface area contributed by atoms with Crippen LogP contribution in [0.1, 0.15) is 26.7 Å². The highest BCUT2D eigenvalue weighted by Crippen LogP contribution is 2.33. The standard InChI is InChI=1S/C12H23NOS/c1-12(2)5-11(8-15-9-12)13-6-10-3-4-14-7-10/h10-11,13H,3-9H2,1-2H3. The third-order valence-corrected chi connectivity index (χ3v) is 4.95. The van der Waals surface area contributed by atoms with E-state index < -0.39 is 0 Å². The van der Waals surface area contributed by atoms with E-state index >= 15 is 0 Å². The molecule has 0 aliphatic carbocycles. The molecule has 2 nitrogen and oxygen atoms in total. The quantitative estimate of drug-likeness (QED) is 0.801. The number of hydrogen-bond donors (Lipinski definition) is 1. The molecule has 2 heterocycles. The van der Waals surface area contributed by atoms with E-state index in [4.69, 9.17) is 4.74 Å². The van der Waals surface area contributed by atoms with Crippen molar-refractivity contribution >= 4 is 11.8 Å². The van der Waals surface area contributed by atoms with E-state index in [0.29, 0.717) is 5.41 Å². The van der Waals surface area contributed by atoms with Crippen molar-refractivity contribution < 1.29 is 4.74 Å². The maximum absolute atomic E-state index is 5.39. The van der Waals surface area contributed by atoms with Crippen molar-refractivity contribution in [1.29, 1.82) is 0 Å². The van der Waals surface area contributed by atoms with Crippen LogP contribution in [0.5, 0.6) is 0 Å². The minimum Gasteiger partial charge on any atom is -0.381 e. The Morgan fingerprint density at radius 3 is 3.00 bits per heavy atom. The third kappa shape index (κ3) is 3.65. The Morgan fingerprint density at radius 1 is 1.47 bits per heavy atom. The van der Waals surface area contributed by atoms with Gasteiger partial charge in [0.05, 0.1) is 6.61 Å². The number of hydrogen-bond acceptors (Lipinski definition) is 3. The molecule has 2 fully saturated rings. The lowest BCUT2D eigenvalue weighted by Crippen LogP contribution is -2.42. The summed E-state index contributed by atoms with van der Waals surface area (Å²) < 4.78 is 5.39. The molecule has 2 aliphatic rings. The lowest BCUT2D eigenvalue weighted by molar-refractivity contribution is 0.184. The number of nitrogens with one attached hydrogen (secondary N) is 1. The van der Waals surface area contributed by atoms with Crippen molar-refractivity contribution in [3.8, 4) is 0 Å². The molecule has 3 heteroatoms. The van der Waals surface area contributed by atoms with Crippen molar-refractivity contribution in [2.45, 2.75) is 32.7 Å². The van der Waals surface area contributed by atoms with Crippen molar-refractivity contribution in [3.63, 3.8) is 0 Å². The van der Waals surface area contributed by atoms with E-state index in [0.717, 1.165) is 31.7 Å². The number of thioether (sulfide) groups is 1. The van der Waals surface area contributed by atoms with E-state index in [2.05, 4.69) is 30.9 Å². The van der Waals surface area contributed by atoms with Gasteiger partial charge < -0.3 is 10.1 Å². The van der Waals surface area contributed by atoms with Crippen LogP contribution in [0, 0.1) is 11.3 Å². The molecule has 2 unspecified atom stereocenters. The highest BCUT2D eigenvalue weighted by Gasteiger charge is 2.28. The maximum atomic E-state index is 5.39. The van der Waals surface area contributed by atoms with E-state index in [-0.39, 0.29) is 0 Å². The number of rotatable bonds is 3. The first-order valence-electron chi connectivity index (χ1n) is 6.05. The lowest BCUT2D eigenvalue weighted by atomic mass is 9.87. The normalized spacial score (nSPS) is 35.6. The molecule has 2 saturated heterocycles. The summed E-state index contributed by atoms with van der Waals surface area (Å²) in [5.41, 5.74) is 0.521. The van der Waals surface area contributed by atoms with E-state index in [1.807, 2.05) is 0 Å². The summed E-state index contributed by atoms with van der Waals surface area (Å²) in [6, 6.07) is 0.722. The van der Waals surface area contributed by atoms with Gasteiger partial charge in [0.15, 0.2) is 0 Å². The second kappa shape index (κ2) is 5.07. The molecule has 0 bridgehead atoms. The van der Waals surface area contributed by atoms with Gasteiger partial charge in [-0.2, -0.15) is 11.8 Å². The Balaban J connectivity index is 1.69. The summed E-state index contributed by atoms with van der Waals surface area (Å²) in [6.45, 7) is 7.86. The zero-order chi connectivity index (χ0) is 10.7. The van der Waals surface area contributed by atoms with Crippen LogP contribution in [0.15, 0.2) is 0 Å². The molecule has 0 saturated carbocycles. The highest BCUT2D eigenvalue weighted by atomic mass is 32.2. The van der Waals surface area contributed by atoms with Gasteiger partial charge in [0.2, 0.25) is 0 Å². The van der Waals surface area contributed by atoms with Gasteiger partial charge in [0.25, 0.3) is 0 Å². The zero-order valence-corrected chi connectivity index (χ0v) is 10.7. The SMILES string of the molecule is CC1(C)CSCC(NCC2CCOC2)C1. The van der Waals surface area contributed by atoms with E-state index in [1.165, 1.54) is 24.3 Å². The van der Waals surface area contributed by atoms with Crippen molar-refractivity contribution in [3.05, 3.63) is 0 Å². The Kier molecular flexibility index (Phi) is 3.97. The average molecular weight is 229 g/mol. The molecule has 2 rings (SSSR count). The Morgan fingerprint density at radius 2 is 2.33 bits per heavy atom. The van der Waals surface area contributed by atoms with Crippen molar-refractivity contribution in [1.82, 2.24) is 5.32 Å². The molecule has 0 amide bonds. The van der Waals surface area contributed by atoms with Crippen molar-refractivity contribution in [2.75, 3.05) is 31.3 Å². The smallest absolute Gasteiger partial charge is 0.0507 e. The van der Waals surface area contributed by atoms with Crippen LogP contribution in [0.2, 0.25) is 0 Å². The van der Waals surface area contributed by atoms with Crippen molar-refractivity contribution in [2.24, 2.45) is 11.3 Å². The molecule has 15 heavy (non-hydrogen) atoms. The number of ether oxygens (including phenoxy) is 1. The summed E-state index contributed by atoms with van der Waals surface area (Å²) in [7, 11) is 0. The fraction of sp³-hybridized carbons (Fsp3) is 1.00. The topological polar surface area (TPSA) is 21.3 Å². The molecule has 2 aliphatic heterocycles. The Labute approximate surface area is 97.5 Å². The molecule has 0 radical (unpaired) electrons. The summed E-state index contributed by atoms with van der Waals surface area (Å²) in [5.74, 6) is 3.37. The monoisotopic (exact) mass is 229 g/mol. The van der Waals surface area contributed by atoms with Gasteiger partial charge in [-0.05, 0) is 29.9 Å². The summed E-state index contributed by atoms with van der Waals surface area (Å²) >= 11 is 2.10. The van der Waals surface area contributed by atoms with Crippen LogP contribution in [0.3, 0.4) is 0 Å². The van der Waals surface area contributed by atoms with Gasteiger partial charge in [0.1, 0.15) is 0 Å². The second-order valence-electron chi connectivity index (χ2n) is 5.72. The minimum atomic E-state index is 0.521. The first-order chi connectivity index (χ1) is 7.16. The fourth-order valence-electron chi connectivity index (χ4n) is 2.47. The molecule has 0 aromatic rings. The minimum absolute atomic E-state index is 0.521. The average Bonchev–Trinajstić information content (AvgIpc) is 2.65. The van der Waals surface area contributed by atoms with Gasteiger partial charge in [0, 0.05) is 24.9 Å². The Hall–Kier alpha value is 0.270. The molecule has 2 atom stereocenters. The van der Waals surface area contributed by atoms with E-state index in [9.17, 15) is 0 Å². The second-order valence-corrected chi connectivity index (χ2v) is 6.75. The largest absolute Gasteiger partial charge is 0.381 e. The zero-order valence-electron chi connectivity index (χ0n) is 9.92. The first kappa shape index (κ1) is 11.7. The van der Waals surface area contributed by atoms with Gasteiger partial charge in [-0.25, -0.2) is 0 Å². The molecule has 1 N–H and O–H groups in total. The van der Waals surface area contributed by atoms with Crippen LogP contribution in [-0.2, 0) is 4.74 Å². The predicted octanol–water partition coefficient (Wildman–Crippen LogP) is 2.14. The van der Waals surface area contributed by atoms with Crippen LogP contribution in [0.4, 0.5) is 0 Å². The van der Waals surface area contributed by atoms with E-state index in [1.54, 1.807) is 0 Å². The molecular weight excluding hydrogens is 206 g/mol. The summed E-state index contributed by atoms with van der Waals surface area (Å²) in [5, 5.41) is 3.72. The van der Waals surface area contributed by atoms with Gasteiger partial charge in [-0.15, -0.1) is 0 Å². The van der Waals surface area contributed by atoms with Gasteiger partial charge in [-0.3, -0.25) is 0 Å². The fourth-order valence-corrected chi connectivity index (χ4v) is 3.78. The van der Waals surface area contributed by atoms with Crippen LogP contribution < -0.4 is 5.32 Å². The Bertz CT molecular complexity index is 202. The third-order valence-electron chi connectivity index (χ3n) is 3.33. The summed E-state index contributed by atoms with van der Waals surface area (Å²) in [4.78, 5) is 0. The molecule has 88 valence electrons. The van der Waals surface area contributed by atoms with Gasteiger partial charge in [-0.1, -0.05) is 13.8 Å². The van der Waals surface area contributed by atoms with Crippen LogP contribution >= 0.6 is 11.8 Å². The molecule has 0 aromatic heterocycles. The van der Waals surface area contributed by atoms with Crippen LogP contribution in [0.25, 0.3) is 0 Å². The first-order valence-corrected chi connectivity index (χ1v) is 7.20. The molecular formula is C12H23NOS.